The highest BCUT2D eigenvalue weighted by Crippen LogP contribution is 2.41. The van der Waals surface area contributed by atoms with E-state index >= 15 is 0 Å². The Bertz CT molecular complexity index is 1410. The highest BCUT2D eigenvalue weighted by Gasteiger charge is 2.46. The van der Waals surface area contributed by atoms with Crippen LogP contribution in [-0.2, 0) is 16.1 Å². The minimum absolute atomic E-state index is 0.0652. The Kier molecular flexibility index (Phi) is 5.55. The van der Waals surface area contributed by atoms with E-state index in [4.69, 9.17) is 4.74 Å². The molecule has 0 radical (unpaired) electrons. The Labute approximate surface area is 196 Å². The Morgan fingerprint density at radius 1 is 0.971 bits per heavy atom. The van der Waals surface area contributed by atoms with Crippen LogP contribution in [0.3, 0.4) is 0 Å². The number of Topliss-reactive ketones (excluding diaryl/α,β-unsaturated/α-hetero) is 1. The molecule has 1 aliphatic heterocycles. The van der Waals surface area contributed by atoms with Gasteiger partial charge in [-0.2, -0.15) is 0 Å². The van der Waals surface area contributed by atoms with Crippen LogP contribution in [0.15, 0.2) is 96.8 Å². The predicted octanol–water partition coefficient (Wildman–Crippen LogP) is 4.87. The number of pyridine rings is 1. The van der Waals surface area contributed by atoms with Crippen molar-refractivity contribution in [1.29, 1.82) is 0 Å². The molecule has 1 aliphatic rings. The normalized spacial score (nSPS) is 17.3. The predicted molar refractivity (Wildman–Crippen MR) is 129 cm³/mol. The van der Waals surface area contributed by atoms with Gasteiger partial charge in [0.1, 0.15) is 11.5 Å². The number of amides is 1. The molecule has 0 spiro atoms. The highest BCUT2D eigenvalue weighted by molar-refractivity contribution is 6.46. The van der Waals surface area contributed by atoms with E-state index < -0.39 is 17.7 Å². The number of ether oxygens (including phenoxy) is 1. The van der Waals surface area contributed by atoms with Crippen LogP contribution < -0.4 is 4.74 Å². The molecule has 0 bridgehead atoms. The maximum Gasteiger partial charge on any atom is 0.295 e. The zero-order valence-electron chi connectivity index (χ0n) is 18.5. The summed E-state index contributed by atoms with van der Waals surface area (Å²) >= 11 is 0. The van der Waals surface area contributed by atoms with Gasteiger partial charge in [0.2, 0.25) is 0 Å². The number of carbonyl (C=O) groups excluding carboxylic acids is 2. The van der Waals surface area contributed by atoms with Gasteiger partial charge in [-0.1, -0.05) is 60.7 Å². The summed E-state index contributed by atoms with van der Waals surface area (Å²) in [6, 6.07) is 23.2. The van der Waals surface area contributed by atoms with E-state index in [9.17, 15) is 14.7 Å². The third kappa shape index (κ3) is 3.69. The number of aliphatic hydroxyl groups is 1. The fourth-order valence-corrected chi connectivity index (χ4v) is 4.44. The lowest BCUT2D eigenvalue weighted by Crippen LogP contribution is -2.29. The van der Waals surface area contributed by atoms with E-state index in [2.05, 4.69) is 4.98 Å². The molecule has 1 amide bonds. The van der Waals surface area contributed by atoms with Crippen LogP contribution in [0, 0.1) is 0 Å². The molecular formula is C28H22N2O4. The van der Waals surface area contributed by atoms with Crippen molar-refractivity contribution < 1.29 is 19.4 Å². The van der Waals surface area contributed by atoms with Gasteiger partial charge in [-0.25, -0.2) is 0 Å². The number of likely N-dealkylation sites (tertiary alicyclic amines) is 1. The van der Waals surface area contributed by atoms with Gasteiger partial charge in [0.15, 0.2) is 0 Å². The molecule has 168 valence electrons. The summed E-state index contributed by atoms with van der Waals surface area (Å²) in [5, 5.41) is 13.2. The van der Waals surface area contributed by atoms with Crippen LogP contribution >= 0.6 is 0 Å². The summed E-state index contributed by atoms with van der Waals surface area (Å²) in [5.74, 6) is -0.909. The third-order valence-corrected chi connectivity index (χ3v) is 6.09. The first-order valence-electron chi connectivity index (χ1n) is 10.9. The van der Waals surface area contributed by atoms with Gasteiger partial charge < -0.3 is 14.7 Å². The molecule has 1 N–H and O–H groups in total. The van der Waals surface area contributed by atoms with Crippen molar-refractivity contribution in [1.82, 2.24) is 9.88 Å². The van der Waals surface area contributed by atoms with E-state index in [1.807, 2.05) is 54.6 Å². The van der Waals surface area contributed by atoms with E-state index in [0.717, 1.165) is 16.3 Å². The molecule has 2 heterocycles. The van der Waals surface area contributed by atoms with Crippen LogP contribution in [0.2, 0.25) is 0 Å². The summed E-state index contributed by atoms with van der Waals surface area (Å²) in [4.78, 5) is 32.1. The lowest BCUT2D eigenvalue weighted by molar-refractivity contribution is -0.140. The van der Waals surface area contributed by atoms with Gasteiger partial charge in [-0.15, -0.1) is 0 Å². The second-order valence-electron chi connectivity index (χ2n) is 8.09. The average Bonchev–Trinajstić information content (AvgIpc) is 3.13. The zero-order valence-corrected chi connectivity index (χ0v) is 18.5. The second kappa shape index (κ2) is 8.83. The van der Waals surface area contributed by atoms with Gasteiger partial charge in [0.25, 0.3) is 11.7 Å². The number of nitrogens with zero attached hydrogens (tertiary/aromatic N) is 2. The van der Waals surface area contributed by atoms with Crippen molar-refractivity contribution in [2.24, 2.45) is 0 Å². The number of aliphatic hydroxyl groups excluding tert-OH is 1. The summed E-state index contributed by atoms with van der Waals surface area (Å²) in [6.45, 7) is 0.182. The van der Waals surface area contributed by atoms with Crippen LogP contribution in [0.25, 0.3) is 16.5 Å². The van der Waals surface area contributed by atoms with Gasteiger partial charge in [-0.3, -0.25) is 14.6 Å². The number of aromatic nitrogens is 1. The first-order valence-corrected chi connectivity index (χ1v) is 10.9. The van der Waals surface area contributed by atoms with Crippen molar-refractivity contribution >= 4 is 28.2 Å². The maximum absolute atomic E-state index is 13.3. The number of hydrogen-bond acceptors (Lipinski definition) is 5. The summed E-state index contributed by atoms with van der Waals surface area (Å²) in [6.07, 6.45) is 3.31. The molecule has 6 heteroatoms. The van der Waals surface area contributed by atoms with Crippen LogP contribution in [0.1, 0.15) is 22.7 Å². The number of benzene rings is 3. The second-order valence-corrected chi connectivity index (χ2v) is 8.09. The Hall–Kier alpha value is -4.45. The summed E-state index contributed by atoms with van der Waals surface area (Å²) < 4.78 is 5.27. The number of fused-ring (bicyclic) bond motifs is 1. The molecule has 1 unspecified atom stereocenters. The fraction of sp³-hybridized carbons (Fsp3) is 0.107. The SMILES string of the molecule is COc1ccc(C2/C(=C(/O)c3cccc4ccccc34)C(=O)C(=O)N2Cc2cccnc2)cc1. The molecule has 34 heavy (non-hydrogen) atoms. The quantitative estimate of drug-likeness (QED) is 0.267. The van der Waals surface area contributed by atoms with E-state index in [0.29, 0.717) is 16.9 Å². The van der Waals surface area contributed by atoms with Crippen molar-refractivity contribution in [3.05, 3.63) is 114 Å². The standard InChI is InChI=1S/C28H22N2O4/c1-34-21-13-11-20(12-14-21)25-24(26(31)23-10-4-8-19-7-2-3-9-22(19)23)27(32)28(33)30(25)17-18-6-5-15-29-16-18/h2-16,25,31H,17H2,1H3/b26-24-. The molecule has 1 saturated heterocycles. The van der Waals surface area contributed by atoms with Crippen molar-refractivity contribution in [2.75, 3.05) is 7.11 Å². The monoisotopic (exact) mass is 450 g/mol. The summed E-state index contributed by atoms with van der Waals surface area (Å²) in [7, 11) is 1.57. The minimum Gasteiger partial charge on any atom is -0.507 e. The number of ketones is 1. The molecule has 3 aromatic carbocycles. The molecular weight excluding hydrogens is 428 g/mol. The number of rotatable bonds is 5. The first kappa shape index (κ1) is 21.4. The maximum atomic E-state index is 13.3. The minimum atomic E-state index is -0.759. The smallest absolute Gasteiger partial charge is 0.295 e. The lowest BCUT2D eigenvalue weighted by atomic mass is 9.93. The Morgan fingerprint density at radius 2 is 1.74 bits per heavy atom. The molecule has 1 aromatic heterocycles. The van der Waals surface area contributed by atoms with Crippen molar-refractivity contribution in [2.45, 2.75) is 12.6 Å². The molecule has 4 aromatic rings. The summed E-state index contributed by atoms with van der Waals surface area (Å²) in [5.41, 5.74) is 2.06. The van der Waals surface area contributed by atoms with E-state index in [1.165, 1.54) is 4.90 Å². The number of carbonyl (C=O) groups is 2. The lowest BCUT2D eigenvalue weighted by Gasteiger charge is -2.25. The molecule has 5 rings (SSSR count). The number of hydrogen-bond donors (Lipinski definition) is 1. The molecule has 1 atom stereocenters. The molecule has 1 fully saturated rings. The van der Waals surface area contributed by atoms with Crippen LogP contribution in [0.4, 0.5) is 0 Å². The van der Waals surface area contributed by atoms with E-state index in [-0.39, 0.29) is 17.9 Å². The van der Waals surface area contributed by atoms with Gasteiger partial charge in [0, 0.05) is 24.5 Å². The number of methoxy groups -OCH3 is 1. The molecule has 0 saturated carbocycles. The van der Waals surface area contributed by atoms with Crippen LogP contribution in [0.5, 0.6) is 5.75 Å². The van der Waals surface area contributed by atoms with Gasteiger partial charge in [0.05, 0.1) is 18.7 Å². The largest absolute Gasteiger partial charge is 0.507 e. The molecule has 6 nitrogen and oxygen atoms in total. The Balaban J connectivity index is 1.70. The van der Waals surface area contributed by atoms with E-state index in [1.54, 1.807) is 43.8 Å². The topological polar surface area (TPSA) is 79.7 Å². The molecule has 0 aliphatic carbocycles. The highest BCUT2D eigenvalue weighted by atomic mass is 16.5. The third-order valence-electron chi connectivity index (χ3n) is 6.09. The van der Waals surface area contributed by atoms with Crippen molar-refractivity contribution in [3.8, 4) is 5.75 Å². The van der Waals surface area contributed by atoms with Gasteiger partial charge >= 0.3 is 0 Å². The average molecular weight is 450 g/mol. The fourth-order valence-electron chi connectivity index (χ4n) is 4.44. The first-order chi connectivity index (χ1) is 16.6. The Morgan fingerprint density at radius 3 is 2.47 bits per heavy atom. The van der Waals surface area contributed by atoms with Gasteiger partial charge in [-0.05, 0) is 40.1 Å². The van der Waals surface area contributed by atoms with Crippen molar-refractivity contribution in [3.63, 3.8) is 0 Å². The zero-order chi connectivity index (χ0) is 23.7. The van der Waals surface area contributed by atoms with Crippen LogP contribution in [-0.4, -0.2) is 33.8 Å².